The molecule has 0 rings (SSSR count). The average molecular weight is 223 g/mol. The first-order valence-electron chi connectivity index (χ1n) is 3.77. The van der Waals surface area contributed by atoms with Crippen molar-refractivity contribution in [1.29, 1.82) is 5.26 Å². The highest BCUT2D eigenvalue weighted by molar-refractivity contribution is 5.91. The van der Waals surface area contributed by atoms with E-state index in [0.29, 0.717) is 0 Å². The van der Waals surface area contributed by atoms with E-state index < -0.39 is 24.3 Å². The lowest BCUT2D eigenvalue weighted by molar-refractivity contribution is -0.177. The minimum atomic E-state index is -4.40. The molecule has 0 N–H and O–H groups in total. The Morgan fingerprint density at radius 1 is 1.40 bits per heavy atom. The number of halogens is 3. The van der Waals surface area contributed by atoms with Crippen molar-refractivity contribution in [3.05, 3.63) is 12.2 Å². The lowest BCUT2D eigenvalue weighted by Gasteiger charge is -2.07. The molecule has 0 aliphatic rings. The van der Waals surface area contributed by atoms with E-state index in [1.165, 1.54) is 6.07 Å². The molecule has 0 bridgehead atoms. The second-order valence-corrected chi connectivity index (χ2v) is 2.39. The topological polar surface area (TPSA) is 59.3 Å². The largest absolute Gasteiger partial charge is 0.459 e. The smallest absolute Gasteiger partial charge is 0.411 e. The number of nitrogens with zero attached hydrogens (tertiary/aromatic N) is 1. The molecule has 0 radical (unpaired) electrons. The van der Waals surface area contributed by atoms with Gasteiger partial charge in [0.15, 0.2) is 0 Å². The van der Waals surface area contributed by atoms with Crippen LogP contribution in [-0.4, -0.2) is 32.0 Å². The van der Waals surface area contributed by atoms with Crippen LogP contribution in [0.5, 0.6) is 0 Å². The highest BCUT2D eigenvalue weighted by Gasteiger charge is 2.27. The molecule has 0 saturated heterocycles. The summed E-state index contributed by atoms with van der Waals surface area (Å²) in [6, 6.07) is 1.44. The first kappa shape index (κ1) is 13.4. The minimum Gasteiger partial charge on any atom is -0.459 e. The Morgan fingerprint density at radius 2 is 2.00 bits per heavy atom. The predicted molar refractivity (Wildman–Crippen MR) is 42.6 cm³/mol. The molecule has 7 heteroatoms. The van der Waals surface area contributed by atoms with Crippen molar-refractivity contribution in [3.8, 4) is 6.07 Å². The van der Waals surface area contributed by atoms with Gasteiger partial charge < -0.3 is 9.47 Å². The normalized spacial score (nSPS) is 10.5. The molecule has 0 fully saturated rings. The first-order chi connectivity index (χ1) is 6.87. The van der Waals surface area contributed by atoms with Crippen LogP contribution in [0, 0.1) is 11.3 Å². The van der Waals surface area contributed by atoms with Crippen LogP contribution in [-0.2, 0) is 14.3 Å². The van der Waals surface area contributed by atoms with E-state index in [4.69, 9.17) is 5.26 Å². The van der Waals surface area contributed by atoms with Crippen molar-refractivity contribution < 1.29 is 27.4 Å². The molecular formula is C8H8F3NO3. The van der Waals surface area contributed by atoms with Gasteiger partial charge in [-0.1, -0.05) is 6.58 Å². The van der Waals surface area contributed by atoms with E-state index in [-0.39, 0.29) is 13.2 Å². The van der Waals surface area contributed by atoms with Gasteiger partial charge in [0.1, 0.15) is 24.9 Å². The van der Waals surface area contributed by atoms with E-state index in [1.807, 2.05) is 0 Å². The lowest BCUT2D eigenvalue weighted by Crippen LogP contribution is -2.19. The Bertz CT molecular complexity index is 280. The van der Waals surface area contributed by atoms with Gasteiger partial charge in [0.05, 0.1) is 6.61 Å². The van der Waals surface area contributed by atoms with Gasteiger partial charge in [0.25, 0.3) is 0 Å². The summed E-state index contributed by atoms with van der Waals surface area (Å²) >= 11 is 0. The molecule has 0 aromatic rings. The third kappa shape index (κ3) is 7.52. The molecular weight excluding hydrogens is 215 g/mol. The number of esters is 1. The van der Waals surface area contributed by atoms with Crippen LogP contribution in [0.2, 0.25) is 0 Å². The second kappa shape index (κ2) is 6.03. The number of hydrogen-bond donors (Lipinski definition) is 0. The fourth-order valence-corrected chi connectivity index (χ4v) is 0.514. The number of ether oxygens (including phenoxy) is 2. The van der Waals surface area contributed by atoms with Gasteiger partial charge in [-0.3, -0.25) is 0 Å². The molecule has 0 aliphatic carbocycles. The van der Waals surface area contributed by atoms with Crippen LogP contribution in [0.25, 0.3) is 0 Å². The second-order valence-electron chi connectivity index (χ2n) is 2.39. The minimum absolute atomic E-state index is 0.352. The van der Waals surface area contributed by atoms with Crippen LogP contribution < -0.4 is 0 Å². The average Bonchev–Trinajstić information content (AvgIpc) is 2.14. The first-order valence-corrected chi connectivity index (χ1v) is 3.77. The number of hydrogen-bond acceptors (Lipinski definition) is 4. The van der Waals surface area contributed by atoms with Crippen molar-refractivity contribution in [2.75, 3.05) is 19.8 Å². The van der Waals surface area contributed by atoms with Gasteiger partial charge >= 0.3 is 12.1 Å². The maximum atomic E-state index is 11.5. The Labute approximate surface area is 83.9 Å². The molecule has 0 aliphatic heterocycles. The summed E-state index contributed by atoms with van der Waals surface area (Å²) < 4.78 is 43.1. The van der Waals surface area contributed by atoms with Gasteiger partial charge in [-0.15, -0.1) is 0 Å². The van der Waals surface area contributed by atoms with Gasteiger partial charge in [0.2, 0.25) is 0 Å². The maximum Gasteiger partial charge on any atom is 0.411 e. The summed E-state index contributed by atoms with van der Waals surface area (Å²) in [4.78, 5) is 10.7. The zero-order chi connectivity index (χ0) is 11.9. The fourth-order valence-electron chi connectivity index (χ4n) is 0.514. The van der Waals surface area contributed by atoms with E-state index in [9.17, 15) is 18.0 Å². The Morgan fingerprint density at radius 3 is 2.47 bits per heavy atom. The highest BCUT2D eigenvalue weighted by atomic mass is 19.4. The quantitative estimate of drug-likeness (QED) is 0.304. The molecule has 0 saturated carbocycles. The Balaban J connectivity index is 3.53. The summed E-state index contributed by atoms with van der Waals surface area (Å²) in [7, 11) is 0. The Kier molecular flexibility index (Phi) is 5.41. The standard InChI is InChI=1S/C8H8F3NO3/c1-6(4-12)7(13)15-3-2-14-5-8(9,10)11/h1-3,5H2. The van der Waals surface area contributed by atoms with Gasteiger partial charge in [-0.05, 0) is 0 Å². The van der Waals surface area contributed by atoms with Crippen LogP contribution in [0.4, 0.5) is 13.2 Å². The van der Waals surface area contributed by atoms with Crippen molar-refractivity contribution >= 4 is 5.97 Å². The predicted octanol–water partition coefficient (Wildman–Crippen LogP) is 1.19. The molecule has 84 valence electrons. The highest BCUT2D eigenvalue weighted by Crippen LogP contribution is 2.14. The van der Waals surface area contributed by atoms with Crippen molar-refractivity contribution in [1.82, 2.24) is 0 Å². The van der Waals surface area contributed by atoms with Crippen molar-refractivity contribution in [3.63, 3.8) is 0 Å². The van der Waals surface area contributed by atoms with Gasteiger partial charge in [-0.2, -0.15) is 18.4 Å². The Hall–Kier alpha value is -1.55. The summed E-state index contributed by atoms with van der Waals surface area (Å²) in [5.41, 5.74) is -0.411. The number of carbonyl (C=O) groups is 1. The van der Waals surface area contributed by atoms with Crippen molar-refractivity contribution in [2.45, 2.75) is 6.18 Å². The van der Waals surface area contributed by atoms with E-state index in [2.05, 4.69) is 16.1 Å². The van der Waals surface area contributed by atoms with Gasteiger partial charge in [0, 0.05) is 0 Å². The van der Waals surface area contributed by atoms with E-state index in [1.54, 1.807) is 0 Å². The SMILES string of the molecule is C=C(C#N)C(=O)OCCOCC(F)(F)F. The van der Waals surface area contributed by atoms with Crippen LogP contribution in [0.1, 0.15) is 0 Å². The molecule has 15 heavy (non-hydrogen) atoms. The van der Waals surface area contributed by atoms with Crippen LogP contribution >= 0.6 is 0 Å². The molecule has 4 nitrogen and oxygen atoms in total. The van der Waals surface area contributed by atoms with Gasteiger partial charge in [-0.25, -0.2) is 4.79 Å². The summed E-state index contributed by atoms with van der Waals surface area (Å²) in [5, 5.41) is 8.18. The van der Waals surface area contributed by atoms with Crippen LogP contribution in [0.3, 0.4) is 0 Å². The molecule has 0 aromatic heterocycles. The fraction of sp³-hybridized carbons (Fsp3) is 0.500. The third-order valence-corrected chi connectivity index (χ3v) is 1.11. The molecule has 0 unspecified atom stereocenters. The molecule has 0 spiro atoms. The summed E-state index contributed by atoms with van der Waals surface area (Å²) in [6.45, 7) is 0.919. The van der Waals surface area contributed by atoms with E-state index in [0.717, 1.165) is 0 Å². The monoisotopic (exact) mass is 223 g/mol. The third-order valence-electron chi connectivity index (χ3n) is 1.11. The molecule has 0 aromatic carbocycles. The zero-order valence-electron chi connectivity index (χ0n) is 7.63. The number of nitriles is 1. The zero-order valence-corrected chi connectivity index (χ0v) is 7.63. The lowest BCUT2D eigenvalue weighted by atomic mass is 10.3. The molecule has 0 heterocycles. The number of alkyl halides is 3. The van der Waals surface area contributed by atoms with Crippen LogP contribution in [0.15, 0.2) is 12.2 Å². The maximum absolute atomic E-state index is 11.5. The molecule has 0 atom stereocenters. The number of rotatable bonds is 5. The van der Waals surface area contributed by atoms with E-state index >= 15 is 0 Å². The van der Waals surface area contributed by atoms with Crippen molar-refractivity contribution in [2.24, 2.45) is 0 Å². The summed E-state index contributed by atoms with van der Waals surface area (Å²) in [5.74, 6) is -0.965. The summed E-state index contributed by atoms with van der Waals surface area (Å²) in [6.07, 6.45) is -4.40. The number of carbonyl (C=O) groups excluding carboxylic acids is 1. The molecule has 0 amide bonds.